The number of hydrogen-bond donors (Lipinski definition) is 4. The van der Waals surface area contributed by atoms with Crippen LogP contribution in [-0.2, 0) is 41.7 Å². The number of carbonyl (C=O) groups is 8. The lowest BCUT2D eigenvalue weighted by Crippen LogP contribution is -2.55. The second-order valence-corrected chi connectivity index (χ2v) is 19.2. The second kappa shape index (κ2) is 24.4. The van der Waals surface area contributed by atoms with Crippen LogP contribution >= 0.6 is 0 Å². The molecule has 0 spiro atoms. The van der Waals surface area contributed by atoms with Gasteiger partial charge in [0.2, 0.25) is 23.6 Å². The maximum absolute atomic E-state index is 13.6. The van der Waals surface area contributed by atoms with Gasteiger partial charge < -0.3 is 50.1 Å². The molecule has 24 heteroatoms. The van der Waals surface area contributed by atoms with E-state index in [4.69, 9.17) is 30.1 Å². The number of rotatable bonds is 18. The van der Waals surface area contributed by atoms with E-state index in [9.17, 15) is 46.7 Å². The van der Waals surface area contributed by atoms with Crippen molar-refractivity contribution < 1.29 is 66.1 Å². The molecule has 21 nitrogen and oxygen atoms in total. The molecule has 5 heterocycles. The fourth-order valence-electron chi connectivity index (χ4n) is 10.3. The van der Waals surface area contributed by atoms with E-state index in [0.717, 1.165) is 68.7 Å². The number of piperidine rings is 2. The van der Waals surface area contributed by atoms with Crippen molar-refractivity contribution in [2.45, 2.75) is 108 Å². The molecule has 2 atom stereocenters. The maximum atomic E-state index is 13.6. The molecule has 3 aromatic rings. The van der Waals surface area contributed by atoms with Crippen LogP contribution in [0.4, 0.5) is 35.2 Å². The number of Topliss-reactive ketones (excluding diaryl/α,β-unsaturated/α-hetero) is 1. The predicted octanol–water partition coefficient (Wildman–Crippen LogP) is 4.30. The molecule has 404 valence electrons. The molecule has 75 heavy (non-hydrogen) atoms. The molecule has 7 amide bonds. The molecule has 1 aliphatic carbocycles. The normalized spacial score (nSPS) is 19.3. The van der Waals surface area contributed by atoms with Gasteiger partial charge in [0.15, 0.2) is 11.6 Å². The molecule has 1 saturated carbocycles. The molecule has 5 N–H and O–H groups in total. The summed E-state index contributed by atoms with van der Waals surface area (Å²) in [5, 5.41) is 12.2. The average Bonchev–Trinajstić information content (AvgIpc) is 4.03. The third kappa shape index (κ3) is 13.4. The molecule has 4 aliphatic heterocycles. The minimum Gasteiger partial charge on any atom is -0.496 e. The highest BCUT2D eigenvalue weighted by Gasteiger charge is 2.43. The summed E-state index contributed by atoms with van der Waals surface area (Å²) in [6.45, 7) is 4.78. The number of urea groups is 1. The van der Waals surface area contributed by atoms with Crippen molar-refractivity contribution >= 4 is 64.5 Å². The quantitative estimate of drug-likeness (QED) is 0.0786. The number of methoxy groups -OCH3 is 1. The van der Waals surface area contributed by atoms with Gasteiger partial charge in [-0.15, -0.1) is 0 Å². The van der Waals surface area contributed by atoms with Gasteiger partial charge in [-0.2, -0.15) is 13.2 Å². The summed E-state index contributed by atoms with van der Waals surface area (Å²) in [4.78, 5) is 117. The molecule has 2 saturated heterocycles. The highest BCUT2D eigenvalue weighted by atomic mass is 19.4. The van der Waals surface area contributed by atoms with Gasteiger partial charge in [-0.25, -0.2) is 19.6 Å². The van der Waals surface area contributed by atoms with Crippen molar-refractivity contribution in [3.05, 3.63) is 70.7 Å². The Labute approximate surface area is 431 Å². The topological polar surface area (TPSA) is 267 Å². The van der Waals surface area contributed by atoms with Gasteiger partial charge in [0.05, 0.1) is 26.5 Å². The van der Waals surface area contributed by atoms with Crippen LogP contribution in [0.1, 0.15) is 109 Å². The molecular formula is C51H63F3N10O11. The van der Waals surface area contributed by atoms with Crippen LogP contribution in [0.15, 0.2) is 42.6 Å². The number of aromatic nitrogens is 2. The summed E-state index contributed by atoms with van der Waals surface area (Å²) >= 11 is 0. The molecule has 0 radical (unpaired) electrons. The number of fused-ring (bicyclic) bond motifs is 2. The van der Waals surface area contributed by atoms with Gasteiger partial charge >= 0.3 is 18.2 Å². The van der Waals surface area contributed by atoms with Gasteiger partial charge in [0.1, 0.15) is 35.9 Å². The summed E-state index contributed by atoms with van der Waals surface area (Å²) in [5.41, 5.74) is 9.11. The molecule has 0 bridgehead atoms. The van der Waals surface area contributed by atoms with Crippen LogP contribution < -0.4 is 30.9 Å². The minimum absolute atomic E-state index is 0.0686. The number of likely N-dealkylation sites (N-methyl/N-ethyl adjacent to an activating group) is 1. The Balaban J connectivity index is 0.00000109. The molecule has 3 fully saturated rings. The van der Waals surface area contributed by atoms with Gasteiger partial charge in [0.25, 0.3) is 5.91 Å². The van der Waals surface area contributed by atoms with E-state index in [-0.39, 0.29) is 80.6 Å². The van der Waals surface area contributed by atoms with Gasteiger partial charge in [-0.3, -0.25) is 34.1 Å². The first kappa shape index (κ1) is 55.5. The van der Waals surface area contributed by atoms with Gasteiger partial charge in [0, 0.05) is 79.9 Å². The van der Waals surface area contributed by atoms with Crippen molar-refractivity contribution in [2.24, 2.45) is 11.7 Å². The zero-order valence-electron chi connectivity index (χ0n) is 42.2. The van der Waals surface area contributed by atoms with E-state index in [1.165, 1.54) is 9.80 Å². The van der Waals surface area contributed by atoms with Crippen LogP contribution in [0.25, 0.3) is 0 Å². The number of hydrogen-bond acceptors (Lipinski definition) is 14. The highest BCUT2D eigenvalue weighted by Crippen LogP contribution is 2.40. The number of ketones is 1. The first-order chi connectivity index (χ1) is 35.8. The number of ether oxygens (including phenoxy) is 2. The number of nitrogens with zero attached hydrogens (tertiary/aromatic N) is 7. The Morgan fingerprint density at radius 3 is 2.37 bits per heavy atom. The summed E-state index contributed by atoms with van der Waals surface area (Å²) in [7, 11) is 3.40. The number of primary amides is 1. The van der Waals surface area contributed by atoms with Crippen LogP contribution in [0.5, 0.6) is 5.75 Å². The molecular weight excluding hydrogens is 986 g/mol. The summed E-state index contributed by atoms with van der Waals surface area (Å²) in [6.07, 6.45) is 4.69. The van der Waals surface area contributed by atoms with Crippen molar-refractivity contribution in [1.82, 2.24) is 30.0 Å². The van der Waals surface area contributed by atoms with E-state index in [1.807, 2.05) is 18.2 Å². The van der Waals surface area contributed by atoms with Gasteiger partial charge in [-0.1, -0.05) is 38.0 Å². The number of anilines is 3. The smallest absolute Gasteiger partial charge is 0.490 e. The first-order valence-corrected chi connectivity index (χ1v) is 25.1. The lowest BCUT2D eigenvalue weighted by atomic mass is 9.89. The number of alkyl halides is 3. The van der Waals surface area contributed by atoms with E-state index in [0.29, 0.717) is 66.4 Å². The number of imide groups is 1. The third-order valence-corrected chi connectivity index (χ3v) is 14.4. The van der Waals surface area contributed by atoms with Crippen LogP contribution in [-0.4, -0.2) is 161 Å². The van der Waals surface area contributed by atoms with Crippen molar-refractivity contribution in [2.75, 3.05) is 75.2 Å². The minimum atomic E-state index is -5.08. The second-order valence-electron chi connectivity index (χ2n) is 19.2. The maximum Gasteiger partial charge on any atom is 0.490 e. The summed E-state index contributed by atoms with van der Waals surface area (Å²) in [5.74, 6) is -2.10. The number of halogens is 3. The number of amides is 7. The average molecular weight is 1050 g/mol. The summed E-state index contributed by atoms with van der Waals surface area (Å²) < 4.78 is 43.4. The molecule has 1 aromatic heterocycles. The number of nitrogens with one attached hydrogen (secondary N) is 2. The SMILES string of the molecule is CC[C@@H]1C(=O)N(C)c2cnc(Cc3ccc(C(=O)CC4CCN(CCOCCN(CC(=O)Nc5cccc6c5CN(C5CCC(=O)NC5=O)C6=O)C(N)=O)CC4)cc3OC)nc2N1C1CCCC1.O=C(O)C(F)(F)F. The largest absolute Gasteiger partial charge is 0.496 e. The van der Waals surface area contributed by atoms with Crippen molar-refractivity contribution in [1.29, 1.82) is 0 Å². The number of aliphatic carboxylic acids is 1. The van der Waals surface area contributed by atoms with E-state index < -0.39 is 36.0 Å². The number of benzene rings is 2. The molecule has 1 unspecified atom stereocenters. The molecule has 5 aliphatic rings. The third-order valence-electron chi connectivity index (χ3n) is 14.4. The van der Waals surface area contributed by atoms with Crippen LogP contribution in [0, 0.1) is 5.92 Å². The predicted molar refractivity (Wildman–Crippen MR) is 265 cm³/mol. The Morgan fingerprint density at radius 1 is 1.00 bits per heavy atom. The lowest BCUT2D eigenvalue weighted by Gasteiger charge is -2.43. The Kier molecular flexibility index (Phi) is 18.1. The zero-order chi connectivity index (χ0) is 54.1. The van der Waals surface area contributed by atoms with Crippen LogP contribution in [0.2, 0.25) is 0 Å². The lowest BCUT2D eigenvalue weighted by molar-refractivity contribution is -0.192. The van der Waals surface area contributed by atoms with Crippen molar-refractivity contribution in [3.8, 4) is 5.75 Å². The number of carboxylic acids is 1. The standard InChI is InChI=1S/C49H62N10O9.C2HF3O2/c1-4-37-48(65)55(2)39-27-51-42(53-45(39)59(37)33-8-5-6-9-33)26-32-13-12-31(25-41(32)67-3)40(60)24-30-16-18-56(19-17-30)20-22-68-23-21-57(49(50)66)29-44(62)52-36-11-7-10-34-35(36)28-58(47(34)64)38-14-15-43(61)54-46(38)63;3-2(4,5)1(6)7/h7,10-13,25,27,30,33,37-38H,4-6,8-9,14-24,26,28-29H2,1-3H3,(H2,50,66)(H,52,62)(H,54,61,63);(H,6,7)/t37-,38?;/m1./s1. The summed E-state index contributed by atoms with van der Waals surface area (Å²) in [6, 6.07) is 8.96. The Bertz CT molecular complexity index is 2660. The fourth-order valence-corrected chi connectivity index (χ4v) is 10.3. The number of nitrogens with two attached hydrogens (primary N) is 1. The van der Waals surface area contributed by atoms with Crippen molar-refractivity contribution in [3.63, 3.8) is 0 Å². The van der Waals surface area contributed by atoms with E-state index in [2.05, 4.69) is 32.3 Å². The number of likely N-dealkylation sites (tertiary alicyclic amines) is 1. The van der Waals surface area contributed by atoms with E-state index in [1.54, 1.807) is 43.5 Å². The van der Waals surface area contributed by atoms with Gasteiger partial charge in [-0.05, 0) is 75.7 Å². The monoisotopic (exact) mass is 1050 g/mol. The zero-order valence-corrected chi connectivity index (χ0v) is 42.2. The molecule has 8 rings (SSSR count). The Morgan fingerprint density at radius 2 is 1.72 bits per heavy atom. The number of carboxylic acid groups (broad SMARTS) is 1. The Hall–Kier alpha value is -7.21. The fraction of sp³-hybridized carbons (Fsp3) is 0.529. The van der Waals surface area contributed by atoms with E-state index >= 15 is 0 Å². The number of carbonyl (C=O) groups excluding carboxylic acids is 7. The molecule has 2 aromatic carbocycles. The first-order valence-electron chi connectivity index (χ1n) is 25.1. The van der Waals surface area contributed by atoms with Crippen LogP contribution in [0.3, 0.4) is 0 Å². The highest BCUT2D eigenvalue weighted by molar-refractivity contribution is 6.07.